The van der Waals surface area contributed by atoms with Gasteiger partial charge in [0.1, 0.15) is 17.0 Å². The molecule has 0 saturated heterocycles. The highest BCUT2D eigenvalue weighted by Gasteiger charge is 2.53. The van der Waals surface area contributed by atoms with Gasteiger partial charge in [-0.1, -0.05) is 26.8 Å². The van der Waals surface area contributed by atoms with E-state index in [2.05, 4.69) is 31.1 Å². The molecule has 0 aliphatic heterocycles. The second-order valence-corrected chi connectivity index (χ2v) is 10.9. The summed E-state index contributed by atoms with van der Waals surface area (Å²) in [5.41, 5.74) is 2.02. The Morgan fingerprint density at radius 3 is 2.72 bits per heavy atom. The van der Waals surface area contributed by atoms with E-state index in [1.54, 1.807) is 10.6 Å². The maximum atomic E-state index is 13.1. The van der Waals surface area contributed by atoms with Crippen LogP contribution in [0, 0.1) is 29.1 Å². The molecule has 2 aromatic heterocycles. The number of carbonyl (C=O) groups is 2. The molecule has 4 fully saturated rings. The second kappa shape index (κ2) is 8.20. The van der Waals surface area contributed by atoms with Crippen LogP contribution in [-0.2, 0) is 0 Å². The molecule has 0 aromatic carbocycles. The van der Waals surface area contributed by atoms with Crippen molar-refractivity contribution in [2.75, 3.05) is 19.6 Å². The van der Waals surface area contributed by atoms with Crippen LogP contribution in [0.1, 0.15) is 80.3 Å². The molecule has 1 N–H and O–H groups in total. The average molecular weight is 437 g/mol. The summed E-state index contributed by atoms with van der Waals surface area (Å²) in [6.07, 6.45) is 8.89. The zero-order valence-electron chi connectivity index (χ0n) is 19.6. The Kier molecular flexibility index (Phi) is 5.50. The highest BCUT2D eigenvalue weighted by Crippen LogP contribution is 2.61. The number of hydrogen-bond donors (Lipinski definition) is 1. The lowest BCUT2D eigenvalue weighted by molar-refractivity contribution is -0.103. The van der Waals surface area contributed by atoms with Gasteiger partial charge in [-0.3, -0.25) is 14.0 Å². The molecule has 0 radical (unpaired) electrons. The van der Waals surface area contributed by atoms with Crippen molar-refractivity contribution in [3.05, 3.63) is 35.8 Å². The van der Waals surface area contributed by atoms with E-state index in [0.717, 1.165) is 32.0 Å². The number of rotatable bonds is 8. The fraction of sp³-hybridized carbons (Fsp3) is 0.654. The number of pyridine rings is 1. The van der Waals surface area contributed by atoms with Crippen LogP contribution >= 0.6 is 0 Å². The molecule has 32 heavy (non-hydrogen) atoms. The van der Waals surface area contributed by atoms with Crippen molar-refractivity contribution in [2.45, 2.75) is 59.3 Å². The molecule has 4 aliphatic carbocycles. The van der Waals surface area contributed by atoms with E-state index in [1.807, 2.05) is 23.1 Å². The standard InChI is InChI=1S/C26H36N4O2/c1-4-12-29(15-17-8-9-17)25(32)21-16-30-22(6-5-7-23(30)28-21)24(31)27-14-18-10-11-19-13-20(18)26(19,2)3/h5-7,16-20H,4,8-15H2,1-3H3,(H,27,31)/t18-,19-,20-/m0/s1. The van der Waals surface area contributed by atoms with E-state index >= 15 is 0 Å². The molecule has 0 unspecified atom stereocenters. The molecule has 4 aliphatic rings. The first-order valence-corrected chi connectivity index (χ1v) is 12.4. The SMILES string of the molecule is CCCN(CC1CC1)C(=O)c1cn2c(C(=O)NC[C@@H]3CC[C@H]4C[C@@H]3C4(C)C)cccc2n1. The number of carbonyl (C=O) groups excluding carboxylic acids is 2. The lowest BCUT2D eigenvalue weighted by atomic mass is 9.45. The van der Waals surface area contributed by atoms with Crippen molar-refractivity contribution in [3.63, 3.8) is 0 Å². The van der Waals surface area contributed by atoms with Gasteiger partial charge in [-0.05, 0) is 79.7 Å². The fourth-order valence-electron chi connectivity index (χ4n) is 6.14. The number of fused-ring (bicyclic) bond motifs is 3. The molecule has 2 heterocycles. The summed E-state index contributed by atoms with van der Waals surface area (Å²) >= 11 is 0. The Bertz CT molecular complexity index is 1020. The van der Waals surface area contributed by atoms with Crippen LogP contribution in [0.25, 0.3) is 5.65 Å². The minimum absolute atomic E-state index is 0.0298. The minimum atomic E-state index is -0.0883. The van der Waals surface area contributed by atoms with Gasteiger partial charge in [0.05, 0.1) is 0 Å². The molecule has 6 nitrogen and oxygen atoms in total. The molecule has 172 valence electrons. The van der Waals surface area contributed by atoms with Gasteiger partial charge in [-0.15, -0.1) is 0 Å². The van der Waals surface area contributed by atoms with Gasteiger partial charge in [0, 0.05) is 25.8 Å². The zero-order valence-corrected chi connectivity index (χ0v) is 19.6. The van der Waals surface area contributed by atoms with Crippen molar-refractivity contribution in [1.29, 1.82) is 0 Å². The molecule has 0 spiro atoms. The maximum Gasteiger partial charge on any atom is 0.274 e. The average Bonchev–Trinajstić information content (AvgIpc) is 3.50. The molecule has 2 aromatic rings. The first-order valence-electron chi connectivity index (χ1n) is 12.4. The second-order valence-electron chi connectivity index (χ2n) is 10.9. The van der Waals surface area contributed by atoms with Gasteiger partial charge in [0.15, 0.2) is 0 Å². The highest BCUT2D eigenvalue weighted by molar-refractivity contribution is 5.95. The van der Waals surface area contributed by atoms with E-state index in [0.29, 0.717) is 40.2 Å². The van der Waals surface area contributed by atoms with Crippen LogP contribution in [-0.4, -0.2) is 45.7 Å². The van der Waals surface area contributed by atoms with Crippen molar-refractivity contribution >= 4 is 17.5 Å². The summed E-state index contributed by atoms with van der Waals surface area (Å²) in [5, 5.41) is 3.19. The summed E-state index contributed by atoms with van der Waals surface area (Å²) in [4.78, 5) is 32.7. The number of aromatic nitrogens is 2. The van der Waals surface area contributed by atoms with Crippen LogP contribution in [0.5, 0.6) is 0 Å². The smallest absolute Gasteiger partial charge is 0.274 e. The van der Waals surface area contributed by atoms with Crippen LogP contribution < -0.4 is 5.32 Å². The van der Waals surface area contributed by atoms with Gasteiger partial charge in [0.25, 0.3) is 11.8 Å². The summed E-state index contributed by atoms with van der Waals surface area (Å²) in [6, 6.07) is 5.52. The van der Waals surface area contributed by atoms with Crippen molar-refractivity contribution < 1.29 is 9.59 Å². The molecule has 6 heteroatoms. The summed E-state index contributed by atoms with van der Waals surface area (Å²) in [5.74, 6) is 2.66. The lowest BCUT2D eigenvalue weighted by Crippen LogP contribution is -2.54. The molecular formula is C26H36N4O2. The Hall–Kier alpha value is -2.37. The van der Waals surface area contributed by atoms with Gasteiger partial charge >= 0.3 is 0 Å². The van der Waals surface area contributed by atoms with Crippen LogP contribution in [0.4, 0.5) is 0 Å². The number of nitrogens with one attached hydrogen (secondary N) is 1. The molecule has 4 saturated carbocycles. The molecular weight excluding hydrogens is 400 g/mol. The van der Waals surface area contributed by atoms with Crippen LogP contribution in [0.3, 0.4) is 0 Å². The zero-order chi connectivity index (χ0) is 22.5. The van der Waals surface area contributed by atoms with E-state index in [-0.39, 0.29) is 11.8 Å². The third-order valence-electron chi connectivity index (χ3n) is 8.43. The first-order chi connectivity index (χ1) is 15.4. The Morgan fingerprint density at radius 2 is 2.03 bits per heavy atom. The normalized spacial score (nSPS) is 25.9. The van der Waals surface area contributed by atoms with E-state index in [9.17, 15) is 9.59 Å². The van der Waals surface area contributed by atoms with Gasteiger partial charge in [-0.25, -0.2) is 4.98 Å². The van der Waals surface area contributed by atoms with E-state index in [1.165, 1.54) is 32.1 Å². The minimum Gasteiger partial charge on any atom is -0.350 e. The fourth-order valence-corrected chi connectivity index (χ4v) is 6.14. The van der Waals surface area contributed by atoms with E-state index in [4.69, 9.17) is 0 Å². The number of hydrogen-bond acceptors (Lipinski definition) is 3. The monoisotopic (exact) mass is 436 g/mol. The van der Waals surface area contributed by atoms with Crippen LogP contribution in [0.2, 0.25) is 0 Å². The Labute approximate surface area is 190 Å². The van der Waals surface area contributed by atoms with Gasteiger partial charge in [0.2, 0.25) is 0 Å². The van der Waals surface area contributed by atoms with Crippen molar-refractivity contribution in [2.24, 2.45) is 29.1 Å². The molecule has 6 rings (SSSR count). The third-order valence-corrected chi connectivity index (χ3v) is 8.43. The maximum absolute atomic E-state index is 13.1. The van der Waals surface area contributed by atoms with E-state index < -0.39 is 0 Å². The van der Waals surface area contributed by atoms with Gasteiger partial charge in [-0.2, -0.15) is 0 Å². The topological polar surface area (TPSA) is 66.7 Å². The predicted octanol–water partition coefficient (Wildman–Crippen LogP) is 4.40. The number of nitrogens with zero attached hydrogens (tertiary/aromatic N) is 3. The van der Waals surface area contributed by atoms with Crippen molar-refractivity contribution in [1.82, 2.24) is 19.6 Å². The predicted molar refractivity (Wildman–Crippen MR) is 125 cm³/mol. The molecule has 2 bridgehead atoms. The Balaban J connectivity index is 1.30. The summed E-state index contributed by atoms with van der Waals surface area (Å²) in [6.45, 7) is 9.15. The summed E-state index contributed by atoms with van der Waals surface area (Å²) in [7, 11) is 0. The Morgan fingerprint density at radius 1 is 1.22 bits per heavy atom. The molecule has 3 atom stereocenters. The quantitative estimate of drug-likeness (QED) is 0.667. The largest absolute Gasteiger partial charge is 0.350 e. The number of amides is 2. The van der Waals surface area contributed by atoms with Crippen LogP contribution in [0.15, 0.2) is 24.4 Å². The van der Waals surface area contributed by atoms with Gasteiger partial charge < -0.3 is 10.2 Å². The molecule has 2 amide bonds. The highest BCUT2D eigenvalue weighted by atomic mass is 16.2. The number of imidazole rings is 1. The lowest BCUT2D eigenvalue weighted by Gasteiger charge is -2.60. The van der Waals surface area contributed by atoms with Crippen molar-refractivity contribution in [3.8, 4) is 0 Å². The third kappa shape index (κ3) is 3.82. The summed E-state index contributed by atoms with van der Waals surface area (Å²) < 4.78 is 1.77. The first kappa shape index (κ1) is 21.5.